The van der Waals surface area contributed by atoms with Crippen LogP contribution in [0.4, 0.5) is 5.82 Å². The molecule has 0 aliphatic rings. The standard InChI is InChI=1S/C18H20N8O2/c1-27-14-8-6-13(7-9-14)18-20-17(28-23-18)5-3-2-4-12-19-15-10-11-16-21-24-25-26(16)22-15/h6-11H,2-5,12H2,1H3,(H,19,22). The SMILES string of the molecule is COc1ccc(-c2noc(CCCCCNc3ccc4nnnn4n3)n2)cc1. The lowest BCUT2D eigenvalue weighted by Crippen LogP contribution is -2.06. The van der Waals surface area contributed by atoms with Crippen LogP contribution in [0.2, 0.25) is 0 Å². The smallest absolute Gasteiger partial charge is 0.226 e. The van der Waals surface area contributed by atoms with Gasteiger partial charge in [0, 0.05) is 18.5 Å². The van der Waals surface area contributed by atoms with Crippen molar-refractivity contribution in [2.24, 2.45) is 0 Å². The summed E-state index contributed by atoms with van der Waals surface area (Å²) in [4.78, 5) is 4.46. The molecule has 0 radical (unpaired) electrons. The molecule has 0 unspecified atom stereocenters. The molecule has 1 N–H and O–H groups in total. The van der Waals surface area contributed by atoms with Crippen molar-refractivity contribution in [3.05, 3.63) is 42.3 Å². The minimum absolute atomic E-state index is 0.600. The van der Waals surface area contributed by atoms with Crippen molar-refractivity contribution in [3.63, 3.8) is 0 Å². The highest BCUT2D eigenvalue weighted by Gasteiger charge is 2.08. The summed E-state index contributed by atoms with van der Waals surface area (Å²) >= 11 is 0. The van der Waals surface area contributed by atoms with Crippen LogP contribution in [0.5, 0.6) is 5.75 Å². The van der Waals surface area contributed by atoms with Gasteiger partial charge in [-0.3, -0.25) is 0 Å². The van der Waals surface area contributed by atoms with E-state index in [-0.39, 0.29) is 0 Å². The van der Waals surface area contributed by atoms with Gasteiger partial charge in [0.05, 0.1) is 7.11 Å². The summed E-state index contributed by atoms with van der Waals surface area (Å²) in [6, 6.07) is 11.3. The fraction of sp³-hybridized carbons (Fsp3) is 0.333. The molecule has 0 saturated heterocycles. The van der Waals surface area contributed by atoms with Crippen LogP contribution in [0.15, 0.2) is 40.9 Å². The van der Waals surface area contributed by atoms with Gasteiger partial charge in [0.15, 0.2) is 5.65 Å². The summed E-state index contributed by atoms with van der Waals surface area (Å²) < 4.78 is 11.9. The van der Waals surface area contributed by atoms with Gasteiger partial charge in [0.25, 0.3) is 0 Å². The summed E-state index contributed by atoms with van der Waals surface area (Å²) in [7, 11) is 1.64. The fourth-order valence-corrected chi connectivity index (χ4v) is 2.75. The number of methoxy groups -OCH3 is 1. The van der Waals surface area contributed by atoms with Crippen molar-refractivity contribution in [2.45, 2.75) is 25.7 Å². The fourth-order valence-electron chi connectivity index (χ4n) is 2.75. The Labute approximate surface area is 160 Å². The Hall–Kier alpha value is -3.56. The highest BCUT2D eigenvalue weighted by Crippen LogP contribution is 2.20. The summed E-state index contributed by atoms with van der Waals surface area (Å²) in [5, 5.41) is 22.8. The van der Waals surface area contributed by atoms with E-state index in [1.165, 1.54) is 4.63 Å². The molecule has 1 aromatic carbocycles. The molecule has 10 nitrogen and oxygen atoms in total. The first-order valence-electron chi connectivity index (χ1n) is 9.08. The molecule has 0 spiro atoms. The number of tetrazole rings is 1. The summed E-state index contributed by atoms with van der Waals surface area (Å²) in [5.74, 6) is 2.81. The quantitative estimate of drug-likeness (QED) is 0.437. The molecule has 0 bridgehead atoms. The normalized spacial score (nSPS) is 11.0. The lowest BCUT2D eigenvalue weighted by Gasteiger charge is -2.04. The van der Waals surface area contributed by atoms with E-state index in [1.807, 2.05) is 36.4 Å². The van der Waals surface area contributed by atoms with Crippen molar-refractivity contribution >= 4 is 11.5 Å². The predicted octanol–water partition coefficient (Wildman–Crippen LogP) is 2.40. The van der Waals surface area contributed by atoms with E-state index in [1.54, 1.807) is 7.11 Å². The van der Waals surface area contributed by atoms with Crippen LogP contribution < -0.4 is 10.1 Å². The second-order valence-corrected chi connectivity index (χ2v) is 6.22. The predicted molar refractivity (Wildman–Crippen MR) is 101 cm³/mol. The first-order valence-corrected chi connectivity index (χ1v) is 9.08. The molecule has 0 aliphatic heterocycles. The number of anilines is 1. The zero-order chi connectivity index (χ0) is 19.2. The summed E-state index contributed by atoms with van der Waals surface area (Å²) in [6.45, 7) is 0.821. The third-order valence-corrected chi connectivity index (χ3v) is 4.26. The Bertz CT molecular complexity index is 1030. The maximum Gasteiger partial charge on any atom is 0.226 e. The van der Waals surface area contributed by atoms with E-state index in [4.69, 9.17) is 9.26 Å². The molecule has 144 valence electrons. The Morgan fingerprint density at radius 2 is 1.96 bits per heavy atom. The van der Waals surface area contributed by atoms with Gasteiger partial charge >= 0.3 is 0 Å². The van der Waals surface area contributed by atoms with E-state index < -0.39 is 0 Å². The van der Waals surface area contributed by atoms with Gasteiger partial charge in [-0.2, -0.15) is 4.98 Å². The topological polar surface area (TPSA) is 116 Å². The van der Waals surface area contributed by atoms with Crippen LogP contribution in [-0.4, -0.2) is 49.0 Å². The van der Waals surface area contributed by atoms with Crippen LogP contribution in [0.3, 0.4) is 0 Å². The first-order chi connectivity index (χ1) is 13.8. The molecule has 3 heterocycles. The minimum Gasteiger partial charge on any atom is -0.497 e. The van der Waals surface area contributed by atoms with Gasteiger partial charge in [-0.25, -0.2) is 0 Å². The Morgan fingerprint density at radius 3 is 2.82 bits per heavy atom. The number of rotatable bonds is 9. The molecule has 4 rings (SSSR count). The van der Waals surface area contributed by atoms with E-state index in [2.05, 4.69) is 36.1 Å². The molecular weight excluding hydrogens is 360 g/mol. The Morgan fingerprint density at radius 1 is 1.07 bits per heavy atom. The Balaban J connectivity index is 1.18. The van der Waals surface area contributed by atoms with Gasteiger partial charge in [0.1, 0.15) is 11.6 Å². The van der Waals surface area contributed by atoms with Gasteiger partial charge in [-0.1, -0.05) is 11.6 Å². The monoisotopic (exact) mass is 380 g/mol. The van der Waals surface area contributed by atoms with Crippen molar-refractivity contribution in [1.29, 1.82) is 0 Å². The molecule has 0 amide bonds. The largest absolute Gasteiger partial charge is 0.497 e. The van der Waals surface area contributed by atoms with Crippen molar-refractivity contribution in [1.82, 2.24) is 35.4 Å². The van der Waals surface area contributed by atoms with Crippen LogP contribution in [-0.2, 0) is 6.42 Å². The third-order valence-electron chi connectivity index (χ3n) is 4.26. The second kappa shape index (κ2) is 8.42. The van der Waals surface area contributed by atoms with E-state index in [0.29, 0.717) is 17.4 Å². The Kier molecular flexibility index (Phi) is 5.36. The number of nitrogens with zero attached hydrogens (tertiary/aromatic N) is 7. The molecule has 0 aliphatic carbocycles. The zero-order valence-electron chi connectivity index (χ0n) is 15.4. The van der Waals surface area contributed by atoms with Crippen molar-refractivity contribution < 1.29 is 9.26 Å². The average Bonchev–Trinajstić information content (AvgIpc) is 3.40. The number of benzene rings is 1. The number of aromatic nitrogens is 7. The molecule has 28 heavy (non-hydrogen) atoms. The number of hydrogen-bond donors (Lipinski definition) is 1. The van der Waals surface area contributed by atoms with Crippen LogP contribution in [0.1, 0.15) is 25.2 Å². The zero-order valence-corrected chi connectivity index (χ0v) is 15.4. The van der Waals surface area contributed by atoms with Gasteiger partial charge in [-0.15, -0.1) is 14.8 Å². The number of ether oxygens (including phenoxy) is 1. The number of aryl methyl sites for hydroxylation is 1. The highest BCUT2D eigenvalue weighted by molar-refractivity contribution is 5.55. The minimum atomic E-state index is 0.600. The molecule has 3 aromatic heterocycles. The third kappa shape index (κ3) is 4.22. The van der Waals surface area contributed by atoms with Gasteiger partial charge in [-0.05, 0) is 59.7 Å². The number of fused-ring (bicyclic) bond motifs is 1. The maximum atomic E-state index is 5.35. The molecule has 0 atom stereocenters. The number of hydrogen-bond acceptors (Lipinski definition) is 9. The van der Waals surface area contributed by atoms with E-state index in [9.17, 15) is 0 Å². The van der Waals surface area contributed by atoms with Crippen LogP contribution in [0, 0.1) is 0 Å². The van der Waals surface area contributed by atoms with E-state index in [0.717, 1.165) is 49.4 Å². The molecule has 0 saturated carbocycles. The molecule has 10 heteroatoms. The first kappa shape index (κ1) is 17.8. The van der Waals surface area contributed by atoms with Gasteiger partial charge < -0.3 is 14.6 Å². The van der Waals surface area contributed by atoms with Crippen LogP contribution in [0.25, 0.3) is 17.0 Å². The van der Waals surface area contributed by atoms with Gasteiger partial charge in [0.2, 0.25) is 11.7 Å². The van der Waals surface area contributed by atoms with Crippen LogP contribution >= 0.6 is 0 Å². The number of nitrogens with one attached hydrogen (secondary N) is 1. The van der Waals surface area contributed by atoms with Crippen molar-refractivity contribution in [3.8, 4) is 17.1 Å². The molecule has 4 aromatic rings. The average molecular weight is 380 g/mol. The molecule has 0 fully saturated rings. The van der Waals surface area contributed by atoms with Crippen molar-refractivity contribution in [2.75, 3.05) is 19.0 Å². The summed E-state index contributed by atoms with van der Waals surface area (Å²) in [6.07, 6.45) is 3.79. The summed E-state index contributed by atoms with van der Waals surface area (Å²) in [5.41, 5.74) is 1.53. The highest BCUT2D eigenvalue weighted by atomic mass is 16.5. The lowest BCUT2D eigenvalue weighted by molar-refractivity contribution is 0.374. The van der Waals surface area contributed by atoms with E-state index >= 15 is 0 Å². The molecular formula is C18H20N8O2. The number of unbranched alkanes of at least 4 members (excludes halogenated alkanes) is 2. The maximum absolute atomic E-state index is 5.35. The lowest BCUT2D eigenvalue weighted by atomic mass is 10.2. The second-order valence-electron chi connectivity index (χ2n) is 6.22.